The molecule has 0 bridgehead atoms. The second kappa shape index (κ2) is 36.4. The van der Waals surface area contributed by atoms with Gasteiger partial charge in [0, 0.05) is 69.0 Å². The van der Waals surface area contributed by atoms with Crippen LogP contribution in [0.2, 0.25) is 5.02 Å². The topological polar surface area (TPSA) is 279 Å². The fourth-order valence-electron chi connectivity index (χ4n) is 14.9. The van der Waals surface area contributed by atoms with E-state index in [2.05, 4.69) is 16.0 Å². The van der Waals surface area contributed by atoms with E-state index >= 15 is 28.8 Å². The Kier molecular flexibility index (Phi) is 29.2. The van der Waals surface area contributed by atoms with Crippen LogP contribution in [0.15, 0.2) is 18.2 Å². The lowest BCUT2D eigenvalue weighted by Crippen LogP contribution is -2.65. The number of piperidine rings is 1. The molecule has 1 aromatic rings. The molecule has 6 aliphatic rings. The average Bonchev–Trinajstić information content (AvgIpc) is 1.70. The smallest absolute Gasteiger partial charge is 0.376 e. The van der Waals surface area contributed by atoms with E-state index in [1.165, 1.54) is 79.9 Å². The number of hydrogen-bond donors (Lipinski definition) is 3. The summed E-state index contributed by atoms with van der Waals surface area (Å²) in [7, 11) is 9.81. The number of carbonyl (C=O) groups excluding carboxylic acids is 12. The number of benzene rings is 1. The quantitative estimate of drug-likeness (QED) is 0.223. The fourth-order valence-corrected chi connectivity index (χ4v) is 15.2. The number of likely N-dealkylation sites (tertiary alicyclic amines) is 1. The Morgan fingerprint density at radius 3 is 1.86 bits per heavy atom. The predicted molar refractivity (Wildman–Crippen MR) is 371 cm³/mol. The van der Waals surface area contributed by atoms with Gasteiger partial charge in [0.1, 0.15) is 47.8 Å². The zero-order valence-corrected chi connectivity index (χ0v) is 61.9. The first-order valence-electron chi connectivity index (χ1n) is 36.5. The number of hydrogen-bond acceptors (Lipinski definition) is 13. The minimum atomic E-state index is -4.76. The third kappa shape index (κ3) is 20.8. The second-order valence-corrected chi connectivity index (χ2v) is 30.1. The first-order chi connectivity index (χ1) is 47.7. The highest BCUT2D eigenvalue weighted by atomic mass is 35.5. The third-order valence-electron chi connectivity index (χ3n) is 21.9. The zero-order valence-electron chi connectivity index (χ0n) is 61.1. The maximum atomic E-state index is 15.6. The molecule has 1 unspecified atom stereocenters. The van der Waals surface area contributed by atoms with Gasteiger partial charge in [0.15, 0.2) is 0 Å². The molecule has 3 N–H and O–H groups in total. The summed E-state index contributed by atoms with van der Waals surface area (Å²) >= 11 is 6.16. The SMILES string of the molecule is CC[C@H](C)[C@@H]1NC(=O)[C@H](CC(C)C)N(C)C(=O)C[C@@H](C(=O)N2CCCCC2)N(C)C(=O)[C@H](COC2CCC2)N(C)C(=O)C2(CCCC2)NC(=O)C2CCCN2C(=O)[C@H](CCc2ccc(C(F)(F)F)c(Cl)c2)NC(=O)CN(C)C(=O)[C@H](CC2CCCCC2)N(C)C(=O)CN(C)C(=O)CN(C)C1=O. The first kappa shape index (κ1) is 81.2. The standard InChI is InChI=1S/C72H110ClF3N12O13/c1-12-46(4)62-69(99)82(7)42-60(91)80(5)43-61(92)84(9)55(39-47-23-15-13-16-24-47)66(96)81(6)41-58(89)77-52(31-29-48-28-30-50(51(73)38-48)72(74,75)76)65(95)88-36-22-27-53(88)64(94)79-71(32-17-18-33-71)70(100)86(11)57(44-101-49-25-21-26-49)67(97)85(10)56(68(98)87-34-19-14-20-35-87)40-59(90)83(8)54(37-45(2)3)63(93)78-62/h28,30,38,45-47,49,52-57,62H,12-27,29,31-37,39-44H2,1-11H3,(H,77,89)(H,78,93)(H,79,94)/t46-,52-,53?,54-,55-,56-,57-,62-/m0/s1. The number of alkyl halides is 3. The number of aryl methyl sites for hydroxylation is 1. The molecule has 8 atom stereocenters. The molecule has 3 aliphatic carbocycles. The molecule has 1 aromatic carbocycles. The largest absolute Gasteiger partial charge is 0.417 e. The van der Waals surface area contributed by atoms with Crippen molar-refractivity contribution in [3.8, 4) is 0 Å². The summed E-state index contributed by atoms with van der Waals surface area (Å²) in [5.41, 5.74) is -2.40. The molecule has 29 heteroatoms. The number of halogens is 4. The van der Waals surface area contributed by atoms with E-state index in [9.17, 15) is 41.9 Å². The molecule has 0 aromatic heterocycles. The van der Waals surface area contributed by atoms with Gasteiger partial charge in [-0.2, -0.15) is 13.2 Å². The number of nitrogens with zero attached hydrogens (tertiary/aromatic N) is 9. The lowest BCUT2D eigenvalue weighted by Gasteiger charge is -2.41. The highest BCUT2D eigenvalue weighted by molar-refractivity contribution is 6.31. The molecule has 6 fully saturated rings. The first-order valence-corrected chi connectivity index (χ1v) is 36.8. The molecule has 1 spiro atoms. The van der Waals surface area contributed by atoms with E-state index < -0.39 is 167 Å². The van der Waals surface area contributed by atoms with Crippen LogP contribution in [-0.2, 0) is 74.9 Å². The average molecular weight is 1440 g/mol. The van der Waals surface area contributed by atoms with Crippen LogP contribution in [0.3, 0.4) is 0 Å². The Morgan fingerprint density at radius 1 is 0.634 bits per heavy atom. The van der Waals surface area contributed by atoms with Gasteiger partial charge in [-0.25, -0.2) is 0 Å². The van der Waals surface area contributed by atoms with Gasteiger partial charge in [0.05, 0.1) is 49.4 Å². The Balaban J connectivity index is 1.28. The molecule has 7 rings (SSSR count). The Labute approximate surface area is 598 Å². The van der Waals surface area contributed by atoms with Gasteiger partial charge in [-0.05, 0) is 125 Å². The van der Waals surface area contributed by atoms with Crippen LogP contribution < -0.4 is 16.0 Å². The number of fused-ring (bicyclic) bond motifs is 1. The van der Waals surface area contributed by atoms with Crippen LogP contribution in [0, 0.1) is 17.8 Å². The maximum Gasteiger partial charge on any atom is 0.417 e. The molecule has 12 amide bonds. The van der Waals surface area contributed by atoms with Crippen LogP contribution in [-0.4, -0.2) is 264 Å². The molecule has 564 valence electrons. The van der Waals surface area contributed by atoms with E-state index in [-0.39, 0.29) is 76.0 Å². The number of rotatable bonds is 13. The van der Waals surface area contributed by atoms with Crippen molar-refractivity contribution in [3.05, 3.63) is 34.3 Å². The number of amides is 12. The Bertz CT molecular complexity index is 3140. The van der Waals surface area contributed by atoms with Crippen molar-refractivity contribution in [1.29, 1.82) is 0 Å². The molecule has 0 radical (unpaired) electrons. The van der Waals surface area contributed by atoms with Gasteiger partial charge in [-0.3, -0.25) is 57.5 Å². The molecule has 3 heterocycles. The summed E-state index contributed by atoms with van der Waals surface area (Å²) in [6.45, 7) is 6.02. The normalized spacial score (nSPS) is 26.6. The third-order valence-corrected chi connectivity index (χ3v) is 22.2. The van der Waals surface area contributed by atoms with Gasteiger partial charge in [0.2, 0.25) is 70.9 Å². The summed E-state index contributed by atoms with van der Waals surface area (Å²) in [5.74, 6) is -8.73. The molecule has 3 saturated carbocycles. The Morgan fingerprint density at radius 2 is 1.26 bits per heavy atom. The van der Waals surface area contributed by atoms with E-state index in [0.717, 1.165) is 71.8 Å². The maximum absolute atomic E-state index is 15.6. The van der Waals surface area contributed by atoms with Crippen LogP contribution in [0.5, 0.6) is 0 Å². The zero-order chi connectivity index (χ0) is 74.4. The summed E-state index contributed by atoms with van der Waals surface area (Å²) in [4.78, 5) is 190. The number of nitrogens with one attached hydrogen (secondary N) is 3. The Hall–Kier alpha value is -7.10. The second-order valence-electron chi connectivity index (χ2n) is 29.7. The molecular weight excluding hydrogens is 1330 g/mol. The van der Waals surface area contributed by atoms with Crippen molar-refractivity contribution in [2.75, 3.05) is 95.2 Å². The van der Waals surface area contributed by atoms with Crippen molar-refractivity contribution in [1.82, 2.24) is 60.0 Å². The summed E-state index contributed by atoms with van der Waals surface area (Å²) in [6, 6.07) is -5.90. The molecule has 3 aliphatic heterocycles. The van der Waals surface area contributed by atoms with Crippen LogP contribution in [0.4, 0.5) is 13.2 Å². The van der Waals surface area contributed by atoms with Crippen molar-refractivity contribution in [2.24, 2.45) is 17.8 Å². The molecule has 101 heavy (non-hydrogen) atoms. The molecule has 25 nitrogen and oxygen atoms in total. The van der Waals surface area contributed by atoms with Gasteiger partial charge < -0.3 is 64.8 Å². The minimum absolute atomic E-state index is 0.0149. The number of likely N-dealkylation sites (N-methyl/N-ethyl adjacent to an activating group) is 7. The highest BCUT2D eigenvalue weighted by Gasteiger charge is 2.51. The van der Waals surface area contributed by atoms with Crippen molar-refractivity contribution < 1.29 is 75.4 Å². The van der Waals surface area contributed by atoms with Crippen molar-refractivity contribution in [3.63, 3.8) is 0 Å². The van der Waals surface area contributed by atoms with E-state index in [0.29, 0.717) is 70.0 Å². The van der Waals surface area contributed by atoms with Crippen molar-refractivity contribution in [2.45, 2.75) is 235 Å². The minimum Gasteiger partial charge on any atom is -0.376 e. The summed E-state index contributed by atoms with van der Waals surface area (Å²) in [6.07, 6.45) is 5.30. The number of carbonyl (C=O) groups is 12. The van der Waals surface area contributed by atoms with Gasteiger partial charge >= 0.3 is 6.18 Å². The van der Waals surface area contributed by atoms with Crippen LogP contribution in [0.1, 0.15) is 180 Å². The highest BCUT2D eigenvalue weighted by Crippen LogP contribution is 2.37. The van der Waals surface area contributed by atoms with E-state index in [4.69, 9.17) is 16.3 Å². The van der Waals surface area contributed by atoms with Crippen molar-refractivity contribution >= 4 is 82.5 Å². The van der Waals surface area contributed by atoms with Gasteiger partial charge in [0.25, 0.3) is 0 Å². The molecular formula is C72H110ClF3N12O13. The summed E-state index contributed by atoms with van der Waals surface area (Å²) < 4.78 is 48.0. The van der Waals surface area contributed by atoms with Crippen LogP contribution in [0.25, 0.3) is 0 Å². The number of ether oxygens (including phenoxy) is 1. The predicted octanol–water partition coefficient (Wildman–Crippen LogP) is 5.41. The lowest BCUT2D eigenvalue weighted by atomic mass is 9.84. The van der Waals surface area contributed by atoms with Gasteiger partial charge in [-0.1, -0.05) is 96.7 Å². The monoisotopic (exact) mass is 1440 g/mol. The molecule has 3 saturated heterocycles. The van der Waals surface area contributed by atoms with E-state index in [1.54, 1.807) is 11.8 Å². The lowest BCUT2D eigenvalue weighted by molar-refractivity contribution is -0.158. The summed E-state index contributed by atoms with van der Waals surface area (Å²) in [5, 5.41) is 8.10. The van der Waals surface area contributed by atoms with Crippen LogP contribution >= 0.6 is 11.6 Å². The van der Waals surface area contributed by atoms with Gasteiger partial charge in [-0.15, -0.1) is 0 Å². The fraction of sp³-hybridized carbons (Fsp3) is 0.750. The van der Waals surface area contributed by atoms with E-state index in [1.807, 2.05) is 20.8 Å².